The molecular formula is C22H39F10N. The fourth-order valence-electron chi connectivity index (χ4n) is 3.05. The average Bonchev–Trinajstić information content (AvgIpc) is 2.69. The van der Waals surface area contributed by atoms with Crippen LogP contribution in [0.25, 0.3) is 0 Å². The molecular weight excluding hydrogens is 468 g/mol. The molecule has 33 heavy (non-hydrogen) atoms. The van der Waals surface area contributed by atoms with Crippen LogP contribution in [0, 0.1) is 0 Å². The van der Waals surface area contributed by atoms with Crippen LogP contribution in [-0.4, -0.2) is 30.7 Å². The van der Waals surface area contributed by atoms with Crippen molar-refractivity contribution in [2.45, 2.75) is 134 Å². The van der Waals surface area contributed by atoms with Crippen molar-refractivity contribution in [3.05, 3.63) is 0 Å². The first kappa shape index (κ1) is 34.4. The summed E-state index contributed by atoms with van der Waals surface area (Å²) in [5.74, 6) is -14.3. The number of alkyl halides is 10. The highest BCUT2D eigenvalue weighted by Gasteiger charge is 2.82. The summed E-state index contributed by atoms with van der Waals surface area (Å²) in [5.41, 5.74) is 5.48. The van der Waals surface area contributed by atoms with Gasteiger partial charge in [-0.25, -0.2) is 0 Å². The van der Waals surface area contributed by atoms with Crippen LogP contribution in [0.4, 0.5) is 43.9 Å². The quantitative estimate of drug-likeness (QED) is 0.154. The smallest absolute Gasteiger partial charge is 0.330 e. The Kier molecular flexibility index (Phi) is 18.4. The molecule has 0 aromatic rings. The Morgan fingerprint density at radius 1 is 0.394 bits per heavy atom. The number of nitrogens with two attached hydrogens (primary N) is 1. The molecule has 0 aromatic heterocycles. The van der Waals surface area contributed by atoms with E-state index in [1.807, 2.05) is 0 Å². The highest BCUT2D eigenvalue weighted by atomic mass is 19.4. The Balaban J connectivity index is 0. The van der Waals surface area contributed by atoms with Gasteiger partial charge in [-0.1, -0.05) is 103 Å². The van der Waals surface area contributed by atoms with Crippen LogP contribution in [0.3, 0.4) is 0 Å². The maximum absolute atomic E-state index is 11.6. The van der Waals surface area contributed by atoms with E-state index in [9.17, 15) is 43.9 Å². The molecule has 202 valence electrons. The van der Waals surface area contributed by atoms with E-state index >= 15 is 0 Å². The molecule has 0 aromatic carbocycles. The fraction of sp³-hybridized carbons (Fsp3) is 1.00. The zero-order valence-corrected chi connectivity index (χ0v) is 19.4. The lowest BCUT2D eigenvalue weighted by atomic mass is 10.0. The fourth-order valence-corrected chi connectivity index (χ4v) is 3.05. The predicted octanol–water partition coefficient (Wildman–Crippen LogP) is 9.59. The summed E-state index contributed by atoms with van der Waals surface area (Å²) in [6, 6.07) is 0. The molecule has 0 rings (SSSR count). The summed E-state index contributed by atoms with van der Waals surface area (Å²) in [7, 11) is 0. The second kappa shape index (κ2) is 17.7. The van der Waals surface area contributed by atoms with Crippen LogP contribution in [0.1, 0.15) is 110 Å². The van der Waals surface area contributed by atoms with Gasteiger partial charge in [0.05, 0.1) is 0 Å². The van der Waals surface area contributed by atoms with Crippen molar-refractivity contribution in [2.75, 3.05) is 6.54 Å². The molecule has 0 unspecified atom stereocenters. The van der Waals surface area contributed by atoms with Crippen LogP contribution >= 0.6 is 0 Å². The first-order valence-corrected chi connectivity index (χ1v) is 11.8. The van der Waals surface area contributed by atoms with E-state index in [4.69, 9.17) is 5.73 Å². The number of hydrogen-bond donors (Lipinski definition) is 1. The van der Waals surface area contributed by atoms with Crippen LogP contribution in [0.2, 0.25) is 0 Å². The summed E-state index contributed by atoms with van der Waals surface area (Å²) in [4.78, 5) is 0. The van der Waals surface area contributed by atoms with E-state index in [-0.39, 0.29) is 0 Å². The van der Waals surface area contributed by atoms with Crippen LogP contribution in [0.5, 0.6) is 0 Å². The third-order valence-corrected chi connectivity index (χ3v) is 5.16. The molecule has 1 nitrogen and oxygen atoms in total. The van der Waals surface area contributed by atoms with Gasteiger partial charge in [0.15, 0.2) is 0 Å². The van der Waals surface area contributed by atoms with Crippen molar-refractivity contribution in [3.63, 3.8) is 0 Å². The summed E-state index contributed by atoms with van der Waals surface area (Å²) in [5, 5.41) is 0. The van der Waals surface area contributed by atoms with Gasteiger partial charge < -0.3 is 5.73 Å². The SMILES string of the molecule is CCCCCCCCCCCCCCCCCCN.FC(F)(F)C(F)(F)C(F)(F)C(F)(F)F. The molecule has 0 bridgehead atoms. The highest BCUT2D eigenvalue weighted by Crippen LogP contribution is 2.53. The lowest BCUT2D eigenvalue weighted by molar-refractivity contribution is -0.419. The van der Waals surface area contributed by atoms with Crippen molar-refractivity contribution < 1.29 is 43.9 Å². The number of hydrogen-bond acceptors (Lipinski definition) is 1. The second-order valence-corrected chi connectivity index (χ2v) is 8.24. The van der Waals surface area contributed by atoms with Gasteiger partial charge in [0.25, 0.3) is 0 Å². The van der Waals surface area contributed by atoms with Gasteiger partial charge >= 0.3 is 24.2 Å². The Labute approximate surface area is 190 Å². The maximum Gasteiger partial charge on any atom is 0.460 e. The minimum absolute atomic E-state index is 0.873. The largest absolute Gasteiger partial charge is 0.460 e. The van der Waals surface area contributed by atoms with Crippen LogP contribution < -0.4 is 5.73 Å². The molecule has 0 aliphatic carbocycles. The second-order valence-electron chi connectivity index (χ2n) is 8.24. The third kappa shape index (κ3) is 15.0. The average molecular weight is 508 g/mol. The molecule has 0 radical (unpaired) electrons. The Bertz CT molecular complexity index is 407. The summed E-state index contributed by atoms with van der Waals surface area (Å²) in [6.07, 6.45) is 8.92. The minimum Gasteiger partial charge on any atom is -0.330 e. The Hall–Kier alpha value is -0.740. The molecule has 2 N–H and O–H groups in total. The molecule has 0 aliphatic heterocycles. The van der Waals surface area contributed by atoms with Crippen molar-refractivity contribution in [1.82, 2.24) is 0 Å². The number of unbranched alkanes of at least 4 members (excludes halogenated alkanes) is 15. The van der Waals surface area contributed by atoms with Crippen molar-refractivity contribution in [1.29, 1.82) is 0 Å². The van der Waals surface area contributed by atoms with Gasteiger partial charge in [0.1, 0.15) is 0 Å². The van der Waals surface area contributed by atoms with E-state index in [1.165, 1.54) is 103 Å². The zero-order chi connectivity index (χ0) is 26.0. The zero-order valence-electron chi connectivity index (χ0n) is 19.4. The standard InChI is InChI=1S/C18H39N.C4F10/c1-2-3-4-5-6-7-8-9-10-11-12-13-14-15-16-17-18-19;5-1(6,3(9,10)11)2(7,8)4(12,13)14/h2-19H2,1H3;. The van der Waals surface area contributed by atoms with Gasteiger partial charge in [-0.3, -0.25) is 0 Å². The van der Waals surface area contributed by atoms with Gasteiger partial charge in [0.2, 0.25) is 0 Å². The molecule has 0 spiro atoms. The Morgan fingerprint density at radius 2 is 0.606 bits per heavy atom. The van der Waals surface area contributed by atoms with E-state index in [2.05, 4.69) is 6.92 Å². The molecule has 0 aliphatic rings. The first-order valence-electron chi connectivity index (χ1n) is 11.8. The molecule has 0 saturated carbocycles. The molecule has 0 fully saturated rings. The van der Waals surface area contributed by atoms with Crippen molar-refractivity contribution in [3.8, 4) is 0 Å². The molecule has 0 saturated heterocycles. The molecule has 0 atom stereocenters. The monoisotopic (exact) mass is 507 g/mol. The molecule has 11 heteroatoms. The van der Waals surface area contributed by atoms with Gasteiger partial charge in [0, 0.05) is 0 Å². The number of halogens is 10. The summed E-state index contributed by atoms with van der Waals surface area (Å²) in [6.45, 7) is 3.16. The van der Waals surface area contributed by atoms with E-state index in [1.54, 1.807) is 0 Å². The van der Waals surface area contributed by atoms with Crippen LogP contribution in [0.15, 0.2) is 0 Å². The van der Waals surface area contributed by atoms with E-state index in [0.717, 1.165) is 6.54 Å². The third-order valence-electron chi connectivity index (χ3n) is 5.16. The topological polar surface area (TPSA) is 26.0 Å². The van der Waals surface area contributed by atoms with Crippen molar-refractivity contribution in [2.24, 2.45) is 5.73 Å². The van der Waals surface area contributed by atoms with Gasteiger partial charge in [-0.15, -0.1) is 0 Å². The van der Waals surface area contributed by atoms with E-state index in [0.29, 0.717) is 0 Å². The Morgan fingerprint density at radius 3 is 0.788 bits per heavy atom. The van der Waals surface area contributed by atoms with Crippen LogP contribution in [-0.2, 0) is 0 Å². The minimum atomic E-state index is -7.14. The predicted molar refractivity (Wildman–Crippen MR) is 111 cm³/mol. The number of rotatable bonds is 17. The summed E-state index contributed by atoms with van der Waals surface area (Å²) < 4.78 is 113. The summed E-state index contributed by atoms with van der Waals surface area (Å²) >= 11 is 0. The molecule has 0 amide bonds. The maximum atomic E-state index is 11.6. The van der Waals surface area contributed by atoms with Gasteiger partial charge in [-0.05, 0) is 13.0 Å². The van der Waals surface area contributed by atoms with Gasteiger partial charge in [-0.2, -0.15) is 43.9 Å². The lowest BCUT2D eigenvalue weighted by Crippen LogP contribution is -2.59. The first-order chi connectivity index (χ1) is 15.2. The van der Waals surface area contributed by atoms with E-state index < -0.39 is 24.2 Å². The normalized spacial score (nSPS) is 13.1. The highest BCUT2D eigenvalue weighted by molar-refractivity contribution is 4.95. The lowest BCUT2D eigenvalue weighted by Gasteiger charge is -2.29. The van der Waals surface area contributed by atoms with Crippen molar-refractivity contribution >= 4 is 0 Å². The molecule has 0 heterocycles.